The summed E-state index contributed by atoms with van der Waals surface area (Å²) in [5.74, 6) is 0. The van der Waals surface area contributed by atoms with Crippen LogP contribution in [-0.2, 0) is 11.2 Å². The lowest BCUT2D eigenvalue weighted by molar-refractivity contribution is 0.000128. The minimum Gasteiger partial charge on any atom is -0.467 e. The highest BCUT2D eigenvalue weighted by Gasteiger charge is 2.14. The van der Waals surface area contributed by atoms with Gasteiger partial charge in [-0.1, -0.05) is 18.3 Å². The number of ether oxygens (including phenoxy) is 2. The van der Waals surface area contributed by atoms with Crippen LogP contribution in [0.2, 0.25) is 0 Å². The Morgan fingerprint density at radius 2 is 2.67 bits per heavy atom. The van der Waals surface area contributed by atoms with Crippen molar-refractivity contribution in [2.45, 2.75) is 19.4 Å². The number of rotatable bonds is 4. The van der Waals surface area contributed by atoms with E-state index in [0.717, 1.165) is 37.0 Å². The molecule has 2 heterocycles. The van der Waals surface area contributed by atoms with Gasteiger partial charge in [0.1, 0.15) is 12.7 Å². The van der Waals surface area contributed by atoms with E-state index in [2.05, 4.69) is 17.2 Å². The van der Waals surface area contributed by atoms with Gasteiger partial charge in [-0.15, -0.1) is 0 Å². The number of nitrogens with zero attached hydrogens (tertiary/aromatic N) is 1. The van der Waals surface area contributed by atoms with E-state index < -0.39 is 0 Å². The quantitative estimate of drug-likeness (QED) is 0.837. The van der Waals surface area contributed by atoms with Crippen LogP contribution in [0.1, 0.15) is 12.6 Å². The average molecular weight is 228 g/mol. The maximum absolute atomic E-state index is 5.57. The Kier molecular flexibility index (Phi) is 3.94. The van der Waals surface area contributed by atoms with Crippen molar-refractivity contribution in [1.29, 1.82) is 0 Å². The van der Waals surface area contributed by atoms with Crippen molar-refractivity contribution in [3.63, 3.8) is 0 Å². The molecule has 0 bridgehead atoms. The summed E-state index contributed by atoms with van der Waals surface area (Å²) in [4.78, 5) is 4.33. The summed E-state index contributed by atoms with van der Waals surface area (Å²) < 4.78 is 11.1. The van der Waals surface area contributed by atoms with Crippen LogP contribution in [0.3, 0.4) is 0 Å². The van der Waals surface area contributed by atoms with E-state index >= 15 is 0 Å². The monoisotopic (exact) mass is 228 g/mol. The highest BCUT2D eigenvalue weighted by Crippen LogP contribution is 2.18. The molecule has 1 fully saturated rings. The van der Waals surface area contributed by atoms with Crippen LogP contribution < -0.4 is 10.1 Å². The lowest BCUT2D eigenvalue weighted by Gasteiger charge is -2.22. The first-order chi connectivity index (χ1) is 7.38. The normalized spacial score (nSPS) is 21.5. The minimum atomic E-state index is 0.160. The first kappa shape index (κ1) is 10.9. The molecule has 1 aromatic heterocycles. The molecule has 1 N–H and O–H groups in total. The Morgan fingerprint density at radius 3 is 3.33 bits per heavy atom. The highest BCUT2D eigenvalue weighted by atomic mass is 32.1. The molecule has 1 aliphatic rings. The van der Waals surface area contributed by atoms with E-state index in [1.54, 1.807) is 11.3 Å². The summed E-state index contributed by atoms with van der Waals surface area (Å²) in [6, 6.07) is 0. The average Bonchev–Trinajstić information content (AvgIpc) is 2.76. The van der Waals surface area contributed by atoms with E-state index in [1.165, 1.54) is 0 Å². The number of aromatic nitrogens is 1. The van der Waals surface area contributed by atoms with Gasteiger partial charge in [0.25, 0.3) is 5.19 Å². The van der Waals surface area contributed by atoms with Crippen molar-refractivity contribution in [2.75, 3.05) is 26.3 Å². The van der Waals surface area contributed by atoms with Crippen molar-refractivity contribution in [3.8, 4) is 5.19 Å². The Bertz CT molecular complexity index is 297. The number of aryl methyl sites for hydroxylation is 1. The number of thiazole rings is 1. The SMILES string of the molecule is CCc1csc(OCC2CNCCO2)n1. The molecular formula is C10H16N2O2S. The van der Waals surface area contributed by atoms with Gasteiger partial charge in [-0.3, -0.25) is 0 Å². The van der Waals surface area contributed by atoms with Gasteiger partial charge < -0.3 is 14.8 Å². The maximum atomic E-state index is 5.57. The number of hydrogen-bond donors (Lipinski definition) is 1. The Hall–Kier alpha value is -0.650. The fraction of sp³-hybridized carbons (Fsp3) is 0.700. The van der Waals surface area contributed by atoms with Gasteiger partial charge in [-0.25, -0.2) is 4.98 Å². The molecule has 2 rings (SSSR count). The van der Waals surface area contributed by atoms with Gasteiger partial charge in [0.2, 0.25) is 0 Å². The molecule has 1 saturated heterocycles. The minimum absolute atomic E-state index is 0.160. The van der Waals surface area contributed by atoms with Crippen LogP contribution in [0.4, 0.5) is 0 Å². The molecule has 0 saturated carbocycles. The summed E-state index contributed by atoms with van der Waals surface area (Å²) in [5.41, 5.74) is 1.10. The van der Waals surface area contributed by atoms with Crippen LogP contribution in [0.25, 0.3) is 0 Å². The molecule has 0 amide bonds. The van der Waals surface area contributed by atoms with Gasteiger partial charge in [0.15, 0.2) is 0 Å². The zero-order valence-corrected chi connectivity index (χ0v) is 9.68. The van der Waals surface area contributed by atoms with Crippen LogP contribution in [0.15, 0.2) is 5.38 Å². The molecule has 0 radical (unpaired) electrons. The van der Waals surface area contributed by atoms with Crippen LogP contribution >= 0.6 is 11.3 Å². The maximum Gasteiger partial charge on any atom is 0.273 e. The number of hydrogen-bond acceptors (Lipinski definition) is 5. The summed E-state index contributed by atoms with van der Waals surface area (Å²) in [5, 5.41) is 6.05. The molecule has 84 valence electrons. The van der Waals surface area contributed by atoms with Crippen molar-refractivity contribution in [2.24, 2.45) is 0 Å². The smallest absolute Gasteiger partial charge is 0.273 e. The van der Waals surface area contributed by atoms with Crippen molar-refractivity contribution in [3.05, 3.63) is 11.1 Å². The third-order valence-corrected chi connectivity index (χ3v) is 3.09. The first-order valence-corrected chi connectivity index (χ1v) is 6.16. The zero-order valence-electron chi connectivity index (χ0n) is 8.86. The molecule has 1 atom stereocenters. The lowest BCUT2D eigenvalue weighted by atomic mass is 10.3. The van der Waals surface area contributed by atoms with Crippen LogP contribution in [-0.4, -0.2) is 37.4 Å². The van der Waals surface area contributed by atoms with Crippen LogP contribution in [0.5, 0.6) is 5.19 Å². The van der Waals surface area contributed by atoms with Gasteiger partial charge in [-0.05, 0) is 6.42 Å². The van der Waals surface area contributed by atoms with Gasteiger partial charge in [-0.2, -0.15) is 0 Å². The summed E-state index contributed by atoms with van der Waals surface area (Å²) >= 11 is 1.55. The van der Waals surface area contributed by atoms with Crippen LogP contribution in [0, 0.1) is 0 Å². The molecule has 4 nitrogen and oxygen atoms in total. The van der Waals surface area contributed by atoms with Gasteiger partial charge in [0, 0.05) is 18.5 Å². The number of morpholine rings is 1. The topological polar surface area (TPSA) is 43.4 Å². The van der Waals surface area contributed by atoms with Crippen molar-refractivity contribution in [1.82, 2.24) is 10.3 Å². The van der Waals surface area contributed by atoms with Crippen molar-refractivity contribution < 1.29 is 9.47 Å². The lowest BCUT2D eigenvalue weighted by Crippen LogP contribution is -2.41. The molecule has 0 aromatic carbocycles. The molecule has 0 aliphatic carbocycles. The summed E-state index contributed by atoms with van der Waals surface area (Å²) in [6.07, 6.45) is 1.12. The molecule has 1 unspecified atom stereocenters. The second kappa shape index (κ2) is 5.44. The second-order valence-electron chi connectivity index (χ2n) is 3.47. The molecule has 5 heteroatoms. The Balaban J connectivity index is 1.76. The molecular weight excluding hydrogens is 212 g/mol. The Labute approximate surface area is 93.6 Å². The largest absolute Gasteiger partial charge is 0.467 e. The van der Waals surface area contributed by atoms with E-state index in [0.29, 0.717) is 6.61 Å². The second-order valence-corrected chi connectivity index (χ2v) is 4.29. The van der Waals surface area contributed by atoms with E-state index in [9.17, 15) is 0 Å². The van der Waals surface area contributed by atoms with E-state index in [-0.39, 0.29) is 6.10 Å². The fourth-order valence-electron chi connectivity index (χ4n) is 1.41. The standard InChI is InChI=1S/C10H16N2O2S/c1-2-8-7-15-10(12-8)14-6-9-5-11-3-4-13-9/h7,9,11H,2-6H2,1H3. The zero-order chi connectivity index (χ0) is 10.5. The third kappa shape index (κ3) is 3.15. The predicted molar refractivity (Wildman–Crippen MR) is 59.6 cm³/mol. The molecule has 0 spiro atoms. The van der Waals surface area contributed by atoms with Crippen molar-refractivity contribution >= 4 is 11.3 Å². The molecule has 1 aliphatic heterocycles. The highest BCUT2D eigenvalue weighted by molar-refractivity contribution is 7.11. The van der Waals surface area contributed by atoms with Gasteiger partial charge in [0.05, 0.1) is 12.3 Å². The van der Waals surface area contributed by atoms with E-state index in [1.807, 2.05) is 5.38 Å². The van der Waals surface area contributed by atoms with E-state index in [4.69, 9.17) is 9.47 Å². The Morgan fingerprint density at radius 1 is 1.73 bits per heavy atom. The van der Waals surface area contributed by atoms with Gasteiger partial charge >= 0.3 is 0 Å². The molecule has 1 aromatic rings. The summed E-state index contributed by atoms with van der Waals surface area (Å²) in [6.45, 7) is 5.25. The summed E-state index contributed by atoms with van der Waals surface area (Å²) in [7, 11) is 0. The first-order valence-electron chi connectivity index (χ1n) is 5.28. The number of nitrogens with one attached hydrogen (secondary N) is 1. The third-order valence-electron chi connectivity index (χ3n) is 2.29. The fourth-order valence-corrected chi connectivity index (χ4v) is 2.17. The predicted octanol–water partition coefficient (Wildman–Crippen LogP) is 1.07. The molecule has 15 heavy (non-hydrogen) atoms.